The molecule has 2 amide bonds. The molecule has 0 heterocycles. The first-order valence-corrected chi connectivity index (χ1v) is 8.44. The maximum atomic E-state index is 13.3. The van der Waals surface area contributed by atoms with Crippen LogP contribution in [0.15, 0.2) is 42.5 Å². The molecule has 0 bridgehead atoms. The third-order valence-corrected chi connectivity index (χ3v) is 3.71. The zero-order chi connectivity index (χ0) is 19.3. The molecule has 0 aliphatic heterocycles. The largest absolute Gasteiger partial charge is 0.489 e. The average molecular weight is 379 g/mol. The first-order valence-electron chi connectivity index (χ1n) is 8.06. The first-order chi connectivity index (χ1) is 12.3. The summed E-state index contributed by atoms with van der Waals surface area (Å²) in [4.78, 5) is 25.6. The second-order valence-corrected chi connectivity index (χ2v) is 6.32. The number of halogens is 2. The number of rotatable bonds is 6. The number of hydrogen-bond acceptors (Lipinski definition) is 3. The van der Waals surface area contributed by atoms with Crippen LogP contribution in [-0.2, 0) is 9.59 Å². The van der Waals surface area contributed by atoms with Gasteiger partial charge in [-0.3, -0.25) is 9.59 Å². The first kappa shape index (κ1) is 19.7. The van der Waals surface area contributed by atoms with Crippen LogP contribution >= 0.6 is 11.6 Å². The van der Waals surface area contributed by atoms with E-state index in [4.69, 9.17) is 16.3 Å². The molecule has 2 rings (SSSR count). The van der Waals surface area contributed by atoms with Crippen LogP contribution in [0.1, 0.15) is 20.8 Å². The lowest BCUT2D eigenvalue weighted by Crippen LogP contribution is -2.36. The van der Waals surface area contributed by atoms with E-state index in [1.807, 2.05) is 13.8 Å². The topological polar surface area (TPSA) is 58.6 Å². The van der Waals surface area contributed by atoms with Gasteiger partial charge in [0.15, 0.2) is 0 Å². The summed E-state index contributed by atoms with van der Waals surface area (Å²) in [5, 5.41) is 2.61. The van der Waals surface area contributed by atoms with Crippen molar-refractivity contribution < 1.29 is 18.7 Å². The molecule has 0 spiro atoms. The molecule has 0 radical (unpaired) electrons. The second kappa shape index (κ2) is 8.67. The summed E-state index contributed by atoms with van der Waals surface area (Å²) in [5.41, 5.74) is 0.845. The molecule has 0 aromatic heterocycles. The van der Waals surface area contributed by atoms with Crippen LogP contribution < -0.4 is 15.0 Å². The fraction of sp³-hybridized carbons (Fsp3) is 0.263. The van der Waals surface area contributed by atoms with Crippen molar-refractivity contribution in [1.82, 2.24) is 0 Å². The van der Waals surface area contributed by atoms with Gasteiger partial charge < -0.3 is 15.0 Å². The lowest BCUT2D eigenvalue weighted by atomic mass is 10.2. The van der Waals surface area contributed by atoms with Crippen LogP contribution in [0.3, 0.4) is 0 Å². The van der Waals surface area contributed by atoms with Gasteiger partial charge in [0.05, 0.1) is 16.8 Å². The number of hydrogen-bond donors (Lipinski definition) is 1. The molecule has 0 aliphatic carbocycles. The molecule has 2 aromatic rings. The molecule has 26 heavy (non-hydrogen) atoms. The highest BCUT2D eigenvalue weighted by atomic mass is 35.5. The Labute approximate surface area is 156 Å². The third-order valence-electron chi connectivity index (χ3n) is 3.42. The summed E-state index contributed by atoms with van der Waals surface area (Å²) in [5.74, 6) is -0.840. The van der Waals surface area contributed by atoms with E-state index in [0.717, 1.165) is 6.07 Å². The van der Waals surface area contributed by atoms with Crippen molar-refractivity contribution in [2.75, 3.05) is 16.8 Å². The van der Waals surface area contributed by atoms with Gasteiger partial charge in [0.1, 0.15) is 18.1 Å². The number of para-hydroxylation sites is 2. The summed E-state index contributed by atoms with van der Waals surface area (Å²) in [6.07, 6.45) is -0.0527. The highest BCUT2D eigenvalue weighted by molar-refractivity contribution is 6.31. The molecule has 0 saturated carbocycles. The lowest BCUT2D eigenvalue weighted by molar-refractivity contribution is -0.120. The molecule has 0 unspecified atom stereocenters. The standard InChI is InChI=1S/C19H20ClFN2O3/c1-12(2)26-18-7-5-4-6-17(18)22-19(25)11-23(13(3)24)14-8-9-16(21)15(20)10-14/h4-10,12H,11H2,1-3H3,(H,22,25). The van der Waals surface area contributed by atoms with Crippen LogP contribution in [0.4, 0.5) is 15.8 Å². The highest BCUT2D eigenvalue weighted by Gasteiger charge is 2.18. The minimum Gasteiger partial charge on any atom is -0.489 e. The third kappa shape index (κ3) is 5.20. The Morgan fingerprint density at radius 2 is 1.92 bits per heavy atom. The molecule has 5 nitrogen and oxygen atoms in total. The Morgan fingerprint density at radius 1 is 1.23 bits per heavy atom. The van der Waals surface area contributed by atoms with Crippen LogP contribution in [-0.4, -0.2) is 24.5 Å². The average Bonchev–Trinajstić information content (AvgIpc) is 2.56. The Bertz CT molecular complexity index is 811. The van der Waals surface area contributed by atoms with E-state index in [9.17, 15) is 14.0 Å². The van der Waals surface area contributed by atoms with Gasteiger partial charge in [-0.15, -0.1) is 0 Å². The van der Waals surface area contributed by atoms with E-state index in [1.165, 1.54) is 24.0 Å². The van der Waals surface area contributed by atoms with Gasteiger partial charge in [-0.1, -0.05) is 23.7 Å². The van der Waals surface area contributed by atoms with Crippen molar-refractivity contribution in [2.45, 2.75) is 26.9 Å². The molecule has 0 saturated heterocycles. The molecular weight excluding hydrogens is 359 g/mol. The Balaban J connectivity index is 2.16. The van der Waals surface area contributed by atoms with E-state index in [2.05, 4.69) is 5.32 Å². The van der Waals surface area contributed by atoms with Crippen molar-refractivity contribution in [1.29, 1.82) is 0 Å². The van der Waals surface area contributed by atoms with Crippen molar-refractivity contribution in [3.05, 3.63) is 53.3 Å². The Kier molecular flexibility index (Phi) is 6.58. The van der Waals surface area contributed by atoms with Gasteiger partial charge in [0, 0.05) is 12.6 Å². The van der Waals surface area contributed by atoms with Crippen LogP contribution in [0.25, 0.3) is 0 Å². The fourth-order valence-electron chi connectivity index (χ4n) is 2.30. The summed E-state index contributed by atoms with van der Waals surface area (Å²) in [7, 11) is 0. The quantitative estimate of drug-likeness (QED) is 0.817. The molecular formula is C19H20ClFN2O3. The maximum Gasteiger partial charge on any atom is 0.244 e. The summed E-state index contributed by atoms with van der Waals surface area (Å²) in [6.45, 7) is 4.84. The van der Waals surface area contributed by atoms with E-state index in [0.29, 0.717) is 17.1 Å². The smallest absolute Gasteiger partial charge is 0.244 e. The maximum absolute atomic E-state index is 13.3. The van der Waals surface area contributed by atoms with Gasteiger partial charge in [0.25, 0.3) is 0 Å². The zero-order valence-corrected chi connectivity index (χ0v) is 15.5. The van der Waals surface area contributed by atoms with Crippen LogP contribution in [0.5, 0.6) is 5.75 Å². The van der Waals surface area contributed by atoms with Crippen molar-refractivity contribution in [3.63, 3.8) is 0 Å². The highest BCUT2D eigenvalue weighted by Crippen LogP contribution is 2.26. The lowest BCUT2D eigenvalue weighted by Gasteiger charge is -2.21. The normalized spacial score (nSPS) is 10.5. The predicted molar refractivity (Wildman–Crippen MR) is 100 cm³/mol. The monoisotopic (exact) mass is 378 g/mol. The number of nitrogens with one attached hydrogen (secondary N) is 1. The van der Waals surface area contributed by atoms with Crippen molar-refractivity contribution in [2.24, 2.45) is 0 Å². The number of amides is 2. The summed E-state index contributed by atoms with van der Waals surface area (Å²) < 4.78 is 19.0. The van der Waals surface area contributed by atoms with Crippen LogP contribution in [0.2, 0.25) is 5.02 Å². The molecule has 7 heteroatoms. The van der Waals surface area contributed by atoms with Gasteiger partial charge in [0.2, 0.25) is 11.8 Å². The molecule has 1 N–H and O–H groups in total. The predicted octanol–water partition coefficient (Wildman–Crippen LogP) is 4.26. The Morgan fingerprint density at radius 3 is 2.54 bits per heavy atom. The number of carbonyl (C=O) groups excluding carboxylic acids is 2. The SMILES string of the molecule is CC(=O)N(CC(=O)Nc1ccccc1OC(C)C)c1ccc(F)c(Cl)c1. The number of nitrogens with zero attached hydrogens (tertiary/aromatic N) is 1. The van der Waals surface area contributed by atoms with Gasteiger partial charge in [-0.05, 0) is 44.2 Å². The van der Waals surface area contributed by atoms with E-state index in [1.54, 1.807) is 24.3 Å². The zero-order valence-electron chi connectivity index (χ0n) is 14.8. The van der Waals surface area contributed by atoms with Gasteiger partial charge >= 0.3 is 0 Å². The second-order valence-electron chi connectivity index (χ2n) is 5.91. The van der Waals surface area contributed by atoms with Crippen molar-refractivity contribution in [3.8, 4) is 5.75 Å². The molecule has 2 aromatic carbocycles. The molecule has 0 atom stereocenters. The van der Waals surface area contributed by atoms with E-state index < -0.39 is 11.7 Å². The molecule has 0 aliphatic rings. The summed E-state index contributed by atoms with van der Waals surface area (Å²) >= 11 is 5.77. The van der Waals surface area contributed by atoms with E-state index >= 15 is 0 Å². The Hall–Kier alpha value is -2.60. The number of ether oxygens (including phenoxy) is 1. The minimum absolute atomic E-state index is 0.0527. The molecule has 0 fully saturated rings. The minimum atomic E-state index is -0.594. The van der Waals surface area contributed by atoms with Gasteiger partial charge in [-0.2, -0.15) is 0 Å². The van der Waals surface area contributed by atoms with Crippen LogP contribution in [0, 0.1) is 5.82 Å². The van der Waals surface area contributed by atoms with Crippen molar-refractivity contribution >= 4 is 34.8 Å². The number of anilines is 2. The number of carbonyl (C=O) groups is 2. The van der Waals surface area contributed by atoms with E-state index in [-0.39, 0.29) is 23.6 Å². The fourth-order valence-corrected chi connectivity index (χ4v) is 2.47. The summed E-state index contributed by atoms with van der Waals surface area (Å²) in [6, 6.07) is 10.9. The van der Waals surface area contributed by atoms with Gasteiger partial charge in [-0.25, -0.2) is 4.39 Å². The molecule has 138 valence electrons. The number of benzene rings is 2.